The average Bonchev–Trinajstić information content (AvgIpc) is 2.64. The zero-order chi connectivity index (χ0) is 18.4. The van der Waals surface area contributed by atoms with Crippen molar-refractivity contribution in [3.8, 4) is 17.2 Å². The number of carbonyl (C=O) groups is 1. The van der Waals surface area contributed by atoms with Crippen molar-refractivity contribution in [2.75, 3.05) is 27.1 Å². The molecule has 25 heavy (non-hydrogen) atoms. The van der Waals surface area contributed by atoms with Crippen LogP contribution < -0.4 is 31.1 Å². The molecule has 0 aromatic heterocycles. The van der Waals surface area contributed by atoms with Crippen LogP contribution >= 0.6 is 0 Å². The van der Waals surface area contributed by atoms with Crippen LogP contribution in [0.25, 0.3) is 0 Å². The van der Waals surface area contributed by atoms with Crippen LogP contribution in [-0.2, 0) is 0 Å². The Balaban J connectivity index is 2.28. The number of anilines is 1. The Bertz CT molecular complexity index is 780. The van der Waals surface area contributed by atoms with E-state index in [1.54, 1.807) is 36.4 Å². The summed E-state index contributed by atoms with van der Waals surface area (Å²) in [5.41, 5.74) is 15.2. The number of amidine groups is 1. The van der Waals surface area contributed by atoms with Crippen molar-refractivity contribution < 1.29 is 19.0 Å². The molecule has 5 N–H and O–H groups in total. The predicted molar refractivity (Wildman–Crippen MR) is 95.1 cm³/mol. The highest BCUT2D eigenvalue weighted by Gasteiger charge is 2.15. The van der Waals surface area contributed by atoms with Gasteiger partial charge in [-0.2, -0.15) is 5.10 Å². The number of nitrogen functional groups attached to an aromatic ring is 1. The minimum absolute atomic E-state index is 0.0714. The summed E-state index contributed by atoms with van der Waals surface area (Å²) in [7, 11) is 4.49. The zero-order valence-corrected chi connectivity index (χ0v) is 14.2. The van der Waals surface area contributed by atoms with Crippen molar-refractivity contribution in [1.29, 1.82) is 0 Å². The molecule has 0 heterocycles. The molecule has 2 aromatic rings. The molecule has 2 aromatic carbocycles. The Labute approximate surface area is 145 Å². The lowest BCUT2D eigenvalue weighted by atomic mass is 10.1. The standard InChI is InChI=1S/C17H20N4O4/c1-23-13-8-10(9-14(24-2)15(13)25-3)16(19)20-21-17(22)11-6-4-5-7-12(11)18/h4-9H,18H2,1-3H3,(H2,19,20)(H,21,22). The largest absolute Gasteiger partial charge is 0.493 e. The van der Waals surface area contributed by atoms with Crippen LogP contribution in [0.3, 0.4) is 0 Å². The van der Waals surface area contributed by atoms with E-state index in [-0.39, 0.29) is 5.84 Å². The van der Waals surface area contributed by atoms with E-state index >= 15 is 0 Å². The topological polar surface area (TPSA) is 121 Å². The third-order valence-electron chi connectivity index (χ3n) is 3.44. The van der Waals surface area contributed by atoms with Crippen molar-refractivity contribution in [2.45, 2.75) is 0 Å². The van der Waals surface area contributed by atoms with Crippen LogP contribution in [0.4, 0.5) is 5.69 Å². The number of benzene rings is 2. The van der Waals surface area contributed by atoms with E-state index in [4.69, 9.17) is 25.7 Å². The minimum atomic E-state index is -0.464. The summed E-state index contributed by atoms with van der Waals surface area (Å²) in [6, 6.07) is 9.92. The number of nitrogens with zero attached hydrogens (tertiary/aromatic N) is 1. The van der Waals surface area contributed by atoms with Gasteiger partial charge in [-0.05, 0) is 24.3 Å². The zero-order valence-electron chi connectivity index (χ0n) is 14.2. The first-order valence-corrected chi connectivity index (χ1v) is 7.30. The van der Waals surface area contributed by atoms with Gasteiger partial charge in [0.15, 0.2) is 17.3 Å². The summed E-state index contributed by atoms with van der Waals surface area (Å²) in [5.74, 6) is 0.889. The van der Waals surface area contributed by atoms with E-state index in [2.05, 4.69) is 10.5 Å². The van der Waals surface area contributed by atoms with E-state index in [1.807, 2.05) is 0 Å². The third-order valence-corrected chi connectivity index (χ3v) is 3.44. The number of para-hydroxylation sites is 1. The Kier molecular flexibility index (Phi) is 5.67. The minimum Gasteiger partial charge on any atom is -0.493 e. The second-order valence-corrected chi connectivity index (χ2v) is 4.94. The van der Waals surface area contributed by atoms with Crippen LogP contribution in [0.5, 0.6) is 17.2 Å². The molecular weight excluding hydrogens is 324 g/mol. The molecule has 132 valence electrons. The number of nitrogens with two attached hydrogens (primary N) is 2. The van der Waals surface area contributed by atoms with Crippen molar-refractivity contribution in [2.24, 2.45) is 10.8 Å². The number of amides is 1. The van der Waals surface area contributed by atoms with Crippen molar-refractivity contribution in [1.82, 2.24) is 5.43 Å². The molecule has 2 rings (SSSR count). The van der Waals surface area contributed by atoms with Gasteiger partial charge in [-0.3, -0.25) is 4.79 Å². The Morgan fingerprint density at radius 3 is 2.16 bits per heavy atom. The highest BCUT2D eigenvalue weighted by molar-refractivity contribution is 6.02. The lowest BCUT2D eigenvalue weighted by Gasteiger charge is -2.14. The molecule has 8 heteroatoms. The molecule has 8 nitrogen and oxygen atoms in total. The molecule has 0 aliphatic heterocycles. The molecule has 0 fully saturated rings. The van der Waals surface area contributed by atoms with Crippen LogP contribution in [-0.4, -0.2) is 33.1 Å². The second kappa shape index (κ2) is 7.91. The molecule has 0 bridgehead atoms. The Morgan fingerprint density at radius 2 is 1.64 bits per heavy atom. The summed E-state index contributed by atoms with van der Waals surface area (Å²) in [4.78, 5) is 12.1. The van der Waals surface area contributed by atoms with E-state index in [1.165, 1.54) is 21.3 Å². The number of nitrogens with one attached hydrogen (secondary N) is 1. The average molecular weight is 344 g/mol. The normalized spacial score (nSPS) is 10.9. The van der Waals surface area contributed by atoms with E-state index in [9.17, 15) is 4.79 Å². The maximum atomic E-state index is 12.1. The van der Waals surface area contributed by atoms with Gasteiger partial charge in [0.2, 0.25) is 5.75 Å². The lowest BCUT2D eigenvalue weighted by molar-refractivity contribution is 0.0955. The number of hydrogen-bond donors (Lipinski definition) is 3. The predicted octanol–water partition coefficient (Wildman–Crippen LogP) is 1.34. The smallest absolute Gasteiger partial charge is 0.273 e. The van der Waals surface area contributed by atoms with E-state index in [0.717, 1.165) is 0 Å². The Hall–Kier alpha value is -3.42. The SMILES string of the molecule is COc1cc(/C(N)=N\NC(=O)c2ccccc2N)cc(OC)c1OC. The van der Waals surface area contributed by atoms with Crippen LogP contribution in [0.2, 0.25) is 0 Å². The van der Waals surface area contributed by atoms with Gasteiger partial charge in [-0.15, -0.1) is 0 Å². The maximum Gasteiger partial charge on any atom is 0.273 e. The van der Waals surface area contributed by atoms with Gasteiger partial charge < -0.3 is 25.7 Å². The van der Waals surface area contributed by atoms with Gasteiger partial charge in [0, 0.05) is 11.3 Å². The summed E-state index contributed by atoms with van der Waals surface area (Å²) in [6.45, 7) is 0. The van der Waals surface area contributed by atoms with Gasteiger partial charge in [-0.1, -0.05) is 12.1 Å². The molecule has 0 aliphatic carbocycles. The molecular formula is C17H20N4O4. The number of ether oxygens (including phenoxy) is 3. The fourth-order valence-electron chi connectivity index (χ4n) is 2.17. The van der Waals surface area contributed by atoms with Crippen LogP contribution in [0.1, 0.15) is 15.9 Å². The van der Waals surface area contributed by atoms with Gasteiger partial charge >= 0.3 is 0 Å². The number of hydrogen-bond acceptors (Lipinski definition) is 6. The highest BCUT2D eigenvalue weighted by atomic mass is 16.5. The first-order chi connectivity index (χ1) is 12.0. The molecule has 0 spiro atoms. The molecule has 0 atom stereocenters. The van der Waals surface area contributed by atoms with Gasteiger partial charge in [0.1, 0.15) is 0 Å². The number of carbonyl (C=O) groups excluding carboxylic acids is 1. The summed E-state index contributed by atoms with van der Waals surface area (Å²) >= 11 is 0. The van der Waals surface area contributed by atoms with Crippen molar-refractivity contribution in [3.05, 3.63) is 47.5 Å². The van der Waals surface area contributed by atoms with E-state index < -0.39 is 5.91 Å². The first kappa shape index (κ1) is 17.9. The van der Waals surface area contributed by atoms with Gasteiger partial charge in [0.05, 0.1) is 26.9 Å². The fraction of sp³-hybridized carbons (Fsp3) is 0.176. The second-order valence-electron chi connectivity index (χ2n) is 4.94. The molecule has 0 saturated carbocycles. The molecule has 0 radical (unpaired) electrons. The van der Waals surface area contributed by atoms with Gasteiger partial charge in [0.25, 0.3) is 5.91 Å². The number of methoxy groups -OCH3 is 3. The summed E-state index contributed by atoms with van der Waals surface area (Å²) < 4.78 is 15.8. The monoisotopic (exact) mass is 344 g/mol. The van der Waals surface area contributed by atoms with Crippen molar-refractivity contribution >= 4 is 17.4 Å². The van der Waals surface area contributed by atoms with Crippen LogP contribution in [0.15, 0.2) is 41.5 Å². The quantitative estimate of drug-likeness (QED) is 0.315. The molecule has 0 saturated heterocycles. The van der Waals surface area contributed by atoms with Crippen LogP contribution in [0, 0.1) is 0 Å². The highest BCUT2D eigenvalue weighted by Crippen LogP contribution is 2.38. The number of hydrazone groups is 1. The molecule has 0 aliphatic rings. The van der Waals surface area contributed by atoms with E-state index in [0.29, 0.717) is 34.1 Å². The first-order valence-electron chi connectivity index (χ1n) is 7.30. The lowest BCUT2D eigenvalue weighted by Crippen LogP contribution is -2.24. The fourth-order valence-corrected chi connectivity index (χ4v) is 2.17. The summed E-state index contributed by atoms with van der Waals surface area (Å²) in [6.07, 6.45) is 0. The Morgan fingerprint density at radius 1 is 1.04 bits per heavy atom. The third kappa shape index (κ3) is 3.92. The molecule has 1 amide bonds. The summed E-state index contributed by atoms with van der Waals surface area (Å²) in [5, 5.41) is 3.91. The maximum absolute atomic E-state index is 12.1. The van der Waals surface area contributed by atoms with Gasteiger partial charge in [-0.25, -0.2) is 5.43 Å². The molecule has 0 unspecified atom stereocenters. The van der Waals surface area contributed by atoms with Crippen molar-refractivity contribution in [3.63, 3.8) is 0 Å². The number of rotatable bonds is 6.